The summed E-state index contributed by atoms with van der Waals surface area (Å²) in [7, 11) is -3.75. The third-order valence-corrected chi connectivity index (χ3v) is 4.26. The van der Waals surface area contributed by atoms with E-state index in [9.17, 15) is 8.42 Å². The lowest BCUT2D eigenvalue weighted by atomic mass is 10.1. The van der Waals surface area contributed by atoms with Crippen molar-refractivity contribution in [3.8, 4) is 0 Å². The number of aromatic nitrogens is 1. The van der Waals surface area contributed by atoms with E-state index in [0.717, 1.165) is 0 Å². The Bertz CT molecular complexity index is 476. The minimum absolute atomic E-state index is 0.0229. The Morgan fingerprint density at radius 2 is 2.18 bits per heavy atom. The lowest BCUT2D eigenvalue weighted by Gasteiger charge is -2.19. The van der Waals surface area contributed by atoms with Gasteiger partial charge in [-0.3, -0.25) is 0 Å². The maximum Gasteiger partial charge on any atom is 0.243 e. The summed E-state index contributed by atoms with van der Waals surface area (Å²) in [6.07, 6.45) is 1.41. The summed E-state index contributed by atoms with van der Waals surface area (Å²) in [6, 6.07) is 2.31. The minimum atomic E-state index is -3.75. The number of rotatable bonds is 5. The molecule has 2 N–H and O–H groups in total. The first-order valence-corrected chi connectivity index (χ1v) is 6.98. The second-order valence-electron chi connectivity index (χ2n) is 3.95. The van der Waals surface area contributed by atoms with Crippen LogP contribution in [0.4, 0.5) is 0 Å². The van der Waals surface area contributed by atoms with E-state index in [0.29, 0.717) is 0 Å². The Balaban J connectivity index is 3.01. The van der Waals surface area contributed by atoms with Gasteiger partial charge in [-0.15, -0.1) is 0 Å². The van der Waals surface area contributed by atoms with Crippen LogP contribution in [-0.4, -0.2) is 31.2 Å². The molecule has 1 rings (SSSR count). The van der Waals surface area contributed by atoms with Gasteiger partial charge in [0.25, 0.3) is 0 Å². The summed E-state index contributed by atoms with van der Waals surface area (Å²) < 4.78 is 26.4. The van der Waals surface area contributed by atoms with Crippen LogP contribution < -0.4 is 4.72 Å². The van der Waals surface area contributed by atoms with Crippen molar-refractivity contribution < 1.29 is 13.5 Å². The number of nitrogens with one attached hydrogen (secondary N) is 1. The summed E-state index contributed by atoms with van der Waals surface area (Å²) in [5, 5.41) is 9.02. The zero-order chi connectivity index (χ0) is 13.1. The smallest absolute Gasteiger partial charge is 0.243 e. The normalized spacial score (nSPS) is 13.9. The van der Waals surface area contributed by atoms with E-state index in [4.69, 9.17) is 16.7 Å². The van der Waals surface area contributed by atoms with Gasteiger partial charge >= 0.3 is 0 Å². The molecule has 0 aliphatic rings. The van der Waals surface area contributed by atoms with Gasteiger partial charge in [-0.25, -0.2) is 18.1 Å². The second kappa shape index (κ2) is 5.77. The molecular formula is C10H15ClN2O3S. The van der Waals surface area contributed by atoms with E-state index in [1.54, 1.807) is 0 Å². The fourth-order valence-electron chi connectivity index (χ4n) is 1.22. The highest BCUT2D eigenvalue weighted by Crippen LogP contribution is 2.18. The molecule has 0 aliphatic heterocycles. The van der Waals surface area contributed by atoms with Crippen molar-refractivity contribution in [2.24, 2.45) is 5.92 Å². The van der Waals surface area contributed by atoms with Crippen LogP contribution in [-0.2, 0) is 10.0 Å². The number of sulfonamides is 1. The van der Waals surface area contributed by atoms with Gasteiger partial charge in [-0.2, -0.15) is 0 Å². The lowest BCUT2D eigenvalue weighted by Crippen LogP contribution is -2.41. The number of hydrogen-bond donors (Lipinski definition) is 2. The maximum absolute atomic E-state index is 12.0. The molecule has 0 radical (unpaired) electrons. The van der Waals surface area contributed by atoms with E-state index < -0.39 is 16.1 Å². The molecule has 0 amide bonds. The highest BCUT2D eigenvalue weighted by molar-refractivity contribution is 7.89. The van der Waals surface area contributed by atoms with Gasteiger partial charge in [0.05, 0.1) is 6.61 Å². The average molecular weight is 279 g/mol. The van der Waals surface area contributed by atoms with Crippen molar-refractivity contribution in [2.75, 3.05) is 6.61 Å². The quantitative estimate of drug-likeness (QED) is 0.789. The Morgan fingerprint density at radius 3 is 2.65 bits per heavy atom. The molecule has 1 heterocycles. The topological polar surface area (TPSA) is 79.3 Å². The number of aliphatic hydroxyl groups is 1. The zero-order valence-corrected chi connectivity index (χ0v) is 11.2. The predicted molar refractivity (Wildman–Crippen MR) is 65.3 cm³/mol. The largest absolute Gasteiger partial charge is 0.395 e. The van der Waals surface area contributed by atoms with Crippen LogP contribution in [0.1, 0.15) is 13.8 Å². The van der Waals surface area contributed by atoms with Gasteiger partial charge in [0.1, 0.15) is 10.0 Å². The molecule has 1 aromatic rings. The highest BCUT2D eigenvalue weighted by atomic mass is 35.5. The predicted octanol–water partition coefficient (Wildman–Crippen LogP) is 1.03. The van der Waals surface area contributed by atoms with Crippen molar-refractivity contribution in [2.45, 2.75) is 24.8 Å². The molecule has 0 unspecified atom stereocenters. The molecule has 96 valence electrons. The Morgan fingerprint density at radius 1 is 1.53 bits per heavy atom. The second-order valence-corrected chi connectivity index (χ2v) is 5.99. The van der Waals surface area contributed by atoms with Crippen molar-refractivity contribution in [1.82, 2.24) is 9.71 Å². The molecule has 0 bridgehead atoms. The van der Waals surface area contributed by atoms with E-state index in [-0.39, 0.29) is 22.6 Å². The molecule has 0 saturated carbocycles. The Kier molecular flexibility index (Phi) is 4.88. The number of hydrogen-bond acceptors (Lipinski definition) is 4. The summed E-state index contributed by atoms with van der Waals surface area (Å²) in [5.74, 6) is -0.0229. The first-order chi connectivity index (χ1) is 7.88. The Hall–Kier alpha value is -0.690. The van der Waals surface area contributed by atoms with Crippen LogP contribution in [0.15, 0.2) is 23.2 Å². The molecule has 0 aliphatic carbocycles. The summed E-state index contributed by atoms with van der Waals surface area (Å²) in [5.41, 5.74) is 0. The third-order valence-electron chi connectivity index (χ3n) is 2.32. The SMILES string of the molecule is CC(C)[C@@H](CO)NS(=O)(=O)c1cccnc1Cl. The van der Waals surface area contributed by atoms with Crippen molar-refractivity contribution in [1.29, 1.82) is 0 Å². The van der Waals surface area contributed by atoms with E-state index in [2.05, 4.69) is 9.71 Å². The standard InChI is InChI=1S/C10H15ClN2O3S/c1-7(2)8(6-14)13-17(15,16)9-4-3-5-12-10(9)11/h3-5,7-8,13-14H,6H2,1-2H3/t8-/m1/s1. The molecule has 7 heteroatoms. The molecule has 5 nitrogen and oxygen atoms in total. The van der Waals surface area contributed by atoms with Gasteiger partial charge < -0.3 is 5.11 Å². The molecular weight excluding hydrogens is 264 g/mol. The van der Waals surface area contributed by atoms with Gasteiger partial charge in [0, 0.05) is 12.2 Å². The van der Waals surface area contributed by atoms with Crippen LogP contribution in [0.2, 0.25) is 5.15 Å². The molecule has 1 atom stereocenters. The first kappa shape index (κ1) is 14.4. The van der Waals surface area contributed by atoms with Crippen molar-refractivity contribution >= 4 is 21.6 Å². The highest BCUT2D eigenvalue weighted by Gasteiger charge is 2.24. The zero-order valence-electron chi connectivity index (χ0n) is 9.59. The summed E-state index contributed by atoms with van der Waals surface area (Å²) in [4.78, 5) is 3.62. The average Bonchev–Trinajstić information content (AvgIpc) is 2.26. The summed E-state index contributed by atoms with van der Waals surface area (Å²) >= 11 is 5.72. The van der Waals surface area contributed by atoms with Crippen LogP contribution >= 0.6 is 11.6 Å². The van der Waals surface area contributed by atoms with Crippen LogP contribution in [0.5, 0.6) is 0 Å². The fourth-order valence-corrected chi connectivity index (χ4v) is 3.05. The molecule has 0 saturated heterocycles. The van der Waals surface area contributed by atoms with Gasteiger partial charge in [0.15, 0.2) is 0 Å². The number of nitrogens with zero attached hydrogens (tertiary/aromatic N) is 1. The van der Waals surface area contributed by atoms with Gasteiger partial charge in [0.2, 0.25) is 10.0 Å². The first-order valence-electron chi connectivity index (χ1n) is 5.12. The summed E-state index contributed by atoms with van der Waals surface area (Å²) in [6.45, 7) is 3.36. The van der Waals surface area contributed by atoms with Crippen LogP contribution in [0.25, 0.3) is 0 Å². The monoisotopic (exact) mass is 278 g/mol. The molecule has 1 aromatic heterocycles. The van der Waals surface area contributed by atoms with Crippen molar-refractivity contribution in [3.63, 3.8) is 0 Å². The van der Waals surface area contributed by atoms with Gasteiger partial charge in [-0.1, -0.05) is 25.4 Å². The van der Waals surface area contributed by atoms with Crippen LogP contribution in [0, 0.1) is 5.92 Å². The lowest BCUT2D eigenvalue weighted by molar-refractivity contribution is 0.227. The van der Waals surface area contributed by atoms with Crippen molar-refractivity contribution in [3.05, 3.63) is 23.5 Å². The van der Waals surface area contributed by atoms with E-state index in [1.807, 2.05) is 13.8 Å². The molecule has 0 fully saturated rings. The Labute approximate surface area is 106 Å². The third kappa shape index (κ3) is 3.64. The molecule has 0 spiro atoms. The maximum atomic E-state index is 12.0. The number of halogens is 1. The number of pyridine rings is 1. The molecule has 0 aromatic carbocycles. The van der Waals surface area contributed by atoms with Gasteiger partial charge in [-0.05, 0) is 18.1 Å². The molecule has 17 heavy (non-hydrogen) atoms. The fraction of sp³-hybridized carbons (Fsp3) is 0.500. The van der Waals surface area contributed by atoms with E-state index in [1.165, 1.54) is 18.3 Å². The van der Waals surface area contributed by atoms with E-state index >= 15 is 0 Å². The minimum Gasteiger partial charge on any atom is -0.395 e. The van der Waals surface area contributed by atoms with Crippen LogP contribution in [0.3, 0.4) is 0 Å². The number of aliphatic hydroxyl groups excluding tert-OH is 1.